The SMILES string of the molecule is O=C(COc1ccc(C(=O)c2ccccc2)c(O)c1)Nc1ccc(N=Nc2ccc(N=Nc3cc4c(cc3SOOO)C=C(S(=O)(=O)O)/C(=N\Nc3ccc(S(=O)(=O)O)cc3)C4=O)cc2)c(O)c1. The lowest BCUT2D eigenvalue weighted by atomic mass is 9.94. The molecule has 7 N–H and O–H groups in total. The predicted molar refractivity (Wildman–Crippen MR) is 243 cm³/mol. The number of ketones is 2. The molecule has 0 bridgehead atoms. The van der Waals surface area contributed by atoms with Crippen molar-refractivity contribution in [2.24, 2.45) is 25.6 Å². The molecule has 0 radical (unpaired) electrons. The van der Waals surface area contributed by atoms with E-state index >= 15 is 0 Å². The minimum Gasteiger partial charge on any atom is -0.507 e. The number of azo groups is 2. The lowest BCUT2D eigenvalue weighted by molar-refractivity contribution is -0.432. The number of ether oxygens (including phenoxy) is 1. The van der Waals surface area contributed by atoms with Crippen molar-refractivity contribution in [1.29, 1.82) is 0 Å². The normalized spacial score (nSPS) is 13.4. The number of phenols is 2. The molecule has 6 aromatic carbocycles. The van der Waals surface area contributed by atoms with Crippen LogP contribution in [0.2, 0.25) is 0 Å². The van der Waals surface area contributed by atoms with Crippen LogP contribution in [0.3, 0.4) is 0 Å². The fraction of sp³-hybridized carbons (Fsp3) is 0.0233. The van der Waals surface area contributed by atoms with E-state index in [2.05, 4.69) is 45.7 Å². The highest BCUT2D eigenvalue weighted by Crippen LogP contribution is 2.38. The number of benzene rings is 6. The van der Waals surface area contributed by atoms with Crippen LogP contribution in [-0.4, -0.2) is 71.2 Å². The van der Waals surface area contributed by atoms with Gasteiger partial charge in [-0.25, -0.2) is 5.26 Å². The van der Waals surface area contributed by atoms with E-state index in [-0.39, 0.29) is 73.1 Å². The highest BCUT2D eigenvalue weighted by Gasteiger charge is 2.34. The van der Waals surface area contributed by atoms with Gasteiger partial charge in [-0.1, -0.05) is 35.4 Å². The van der Waals surface area contributed by atoms with Gasteiger partial charge in [-0.05, 0) is 96.6 Å². The summed E-state index contributed by atoms with van der Waals surface area (Å²) in [6.07, 6.45) is 0.949. The number of carbonyl (C=O) groups excluding carboxylic acids is 3. The number of hydrazone groups is 1. The molecule has 1 aliphatic carbocycles. The molecule has 6 aromatic rings. The predicted octanol–water partition coefficient (Wildman–Crippen LogP) is 8.75. The van der Waals surface area contributed by atoms with Gasteiger partial charge >= 0.3 is 0 Å². The third-order valence-electron chi connectivity index (χ3n) is 9.27. The van der Waals surface area contributed by atoms with Crippen LogP contribution in [0.4, 0.5) is 34.1 Å². The van der Waals surface area contributed by atoms with E-state index in [1.807, 2.05) is 0 Å². The molecule has 0 spiro atoms. The molecule has 1 amide bonds. The Hall–Kier alpha value is -8.01. The summed E-state index contributed by atoms with van der Waals surface area (Å²) in [6, 6.07) is 29.5. The number of carbonyl (C=O) groups is 3. The van der Waals surface area contributed by atoms with Crippen LogP contribution < -0.4 is 15.5 Å². The first-order chi connectivity index (χ1) is 32.5. The molecule has 0 aromatic heterocycles. The first-order valence-electron chi connectivity index (χ1n) is 19.1. The maximum atomic E-state index is 13.7. The minimum atomic E-state index is -5.06. The van der Waals surface area contributed by atoms with Crippen LogP contribution in [0.5, 0.6) is 17.2 Å². The van der Waals surface area contributed by atoms with Gasteiger partial charge in [0.25, 0.3) is 26.1 Å². The van der Waals surface area contributed by atoms with Crippen LogP contribution >= 0.6 is 12.0 Å². The maximum absolute atomic E-state index is 13.7. The van der Waals surface area contributed by atoms with Crippen molar-refractivity contribution in [1.82, 2.24) is 0 Å². The number of rotatable bonds is 17. The molecule has 68 heavy (non-hydrogen) atoms. The van der Waals surface area contributed by atoms with Gasteiger partial charge in [-0.15, -0.1) is 14.6 Å². The zero-order valence-corrected chi connectivity index (χ0v) is 36.6. The summed E-state index contributed by atoms with van der Waals surface area (Å²) in [7, 11) is -9.58. The Morgan fingerprint density at radius 1 is 0.691 bits per heavy atom. The molecule has 0 unspecified atom stereocenters. The van der Waals surface area contributed by atoms with Gasteiger partial charge in [0.2, 0.25) is 5.78 Å². The first-order valence-corrected chi connectivity index (χ1v) is 22.7. The molecular weight excluding hydrogens is 951 g/mol. The summed E-state index contributed by atoms with van der Waals surface area (Å²) in [6.45, 7) is -0.458. The molecule has 22 nitrogen and oxygen atoms in total. The summed E-state index contributed by atoms with van der Waals surface area (Å²) >= 11 is 0.418. The number of aromatic hydroxyl groups is 2. The van der Waals surface area contributed by atoms with Gasteiger partial charge in [-0.3, -0.25) is 28.9 Å². The number of phenolic OH excluding ortho intramolecular Hbond substituents is 2. The highest BCUT2D eigenvalue weighted by molar-refractivity contribution is 7.94. The maximum Gasteiger partial charge on any atom is 0.296 e. The number of nitrogens with zero attached hydrogens (tertiary/aromatic N) is 5. The first kappa shape index (κ1) is 47.9. The fourth-order valence-electron chi connectivity index (χ4n) is 6.05. The molecule has 0 fully saturated rings. The second kappa shape index (κ2) is 20.7. The Bertz CT molecular complexity index is 3300. The second-order valence-electron chi connectivity index (χ2n) is 13.8. The van der Waals surface area contributed by atoms with Crippen LogP contribution in [0.15, 0.2) is 168 Å². The molecular formula is C43H31N7O15S3. The van der Waals surface area contributed by atoms with Crippen molar-refractivity contribution < 1.29 is 69.9 Å². The molecule has 0 aliphatic heterocycles. The zero-order valence-electron chi connectivity index (χ0n) is 34.2. The van der Waals surface area contributed by atoms with Crippen molar-refractivity contribution in [3.63, 3.8) is 0 Å². The second-order valence-corrected chi connectivity index (χ2v) is 17.4. The van der Waals surface area contributed by atoms with Crippen LogP contribution in [0.25, 0.3) is 6.08 Å². The van der Waals surface area contributed by atoms with Gasteiger partial charge in [0.15, 0.2) is 18.1 Å². The van der Waals surface area contributed by atoms with Crippen molar-refractivity contribution >= 4 is 95.7 Å². The summed E-state index contributed by atoms with van der Waals surface area (Å²) in [5, 5.41) is 56.4. The van der Waals surface area contributed by atoms with Gasteiger partial charge < -0.3 is 20.3 Å². The summed E-state index contributed by atoms with van der Waals surface area (Å²) < 4.78 is 76.7. The molecule has 0 atom stereocenters. The number of fused-ring (bicyclic) bond motifs is 1. The Morgan fingerprint density at radius 3 is 1.97 bits per heavy atom. The van der Waals surface area contributed by atoms with Crippen LogP contribution in [0, 0.1) is 0 Å². The van der Waals surface area contributed by atoms with Crippen LogP contribution in [-0.2, 0) is 34.4 Å². The number of amides is 1. The Kier molecular flexibility index (Phi) is 14.6. The van der Waals surface area contributed by atoms with E-state index in [0.717, 1.165) is 18.2 Å². The van der Waals surface area contributed by atoms with Crippen molar-refractivity contribution in [2.45, 2.75) is 9.79 Å². The summed E-state index contributed by atoms with van der Waals surface area (Å²) in [4.78, 5) is 37.7. The van der Waals surface area contributed by atoms with E-state index in [1.165, 1.54) is 84.9 Å². The zero-order chi connectivity index (χ0) is 48.6. The third-order valence-corrected chi connectivity index (χ3v) is 11.6. The largest absolute Gasteiger partial charge is 0.507 e. The Balaban J connectivity index is 0.998. The number of Topliss-reactive ketones (excluding diaryl/α,β-unsaturated/α-hetero) is 1. The van der Waals surface area contributed by atoms with Crippen molar-refractivity contribution in [3.05, 3.63) is 155 Å². The topological polar surface area (TPSA) is 334 Å². The van der Waals surface area contributed by atoms with Crippen molar-refractivity contribution in [3.8, 4) is 17.2 Å². The lowest BCUT2D eigenvalue weighted by Gasteiger charge is -2.17. The van der Waals surface area contributed by atoms with E-state index in [9.17, 15) is 50.5 Å². The number of hydrogen-bond acceptors (Lipinski definition) is 20. The Labute approximate surface area is 388 Å². The molecule has 0 saturated heterocycles. The molecule has 0 heterocycles. The van der Waals surface area contributed by atoms with Crippen molar-refractivity contribution in [2.75, 3.05) is 17.3 Å². The lowest BCUT2D eigenvalue weighted by Crippen LogP contribution is -2.27. The molecule has 25 heteroatoms. The number of nitrogens with one attached hydrogen (secondary N) is 2. The average Bonchev–Trinajstić information content (AvgIpc) is 3.31. The smallest absolute Gasteiger partial charge is 0.296 e. The standard InChI is InChI=1S/C43H31N7O15S3/c51-36-21-30(13-16-32(36)42(54)24-4-2-1-3-5-24)63-23-40(53)44-29-12-17-34(37(52)20-29)48-45-26-6-8-27(9-7-26)46-49-35-22-33-25(18-38(35)66-65-64-56)19-39(68(60,61)62)41(43(33)55)50-47-28-10-14-31(15-11-28)67(57,58)59/h1-22,47,51-52,56H,23H2,(H,44,53)(H,57,58,59)(H,60,61,62)/b48-45?,49-46?,50-41+. The highest BCUT2D eigenvalue weighted by atomic mass is 32.2. The number of hydrogen-bond donors (Lipinski definition) is 7. The minimum absolute atomic E-state index is 0.0343. The quantitative estimate of drug-likeness (QED) is 0.0112. The van der Waals surface area contributed by atoms with E-state index < -0.39 is 54.0 Å². The third kappa shape index (κ3) is 11.9. The summed E-state index contributed by atoms with van der Waals surface area (Å²) in [5.41, 5.74) is 2.85. The molecule has 1 aliphatic rings. The van der Waals surface area contributed by atoms with Crippen LogP contribution in [0.1, 0.15) is 31.8 Å². The monoisotopic (exact) mass is 981 g/mol. The van der Waals surface area contributed by atoms with E-state index in [1.54, 1.807) is 30.3 Å². The van der Waals surface area contributed by atoms with Gasteiger partial charge in [0.1, 0.15) is 33.5 Å². The van der Waals surface area contributed by atoms with Gasteiger partial charge in [0, 0.05) is 28.9 Å². The van der Waals surface area contributed by atoms with E-state index in [4.69, 9.17) is 9.99 Å². The molecule has 7 rings (SSSR count). The van der Waals surface area contributed by atoms with Gasteiger partial charge in [-0.2, -0.15) is 32.2 Å². The average molecular weight is 982 g/mol. The summed E-state index contributed by atoms with van der Waals surface area (Å²) in [5.74, 6) is -2.46. The fourth-order valence-corrected chi connectivity index (χ4v) is 7.65. The number of anilines is 2. The Morgan fingerprint density at radius 2 is 1.35 bits per heavy atom. The van der Waals surface area contributed by atoms with E-state index in [0.29, 0.717) is 23.3 Å². The molecule has 0 saturated carbocycles. The van der Waals surface area contributed by atoms with Gasteiger partial charge in [0.05, 0.1) is 44.5 Å². The molecule has 346 valence electrons. The number of allylic oxidation sites excluding steroid dienone is 1.